The van der Waals surface area contributed by atoms with E-state index in [0.717, 1.165) is 38.2 Å². The molecule has 0 unspecified atom stereocenters. The number of esters is 1. The van der Waals surface area contributed by atoms with Gasteiger partial charge in [-0.3, -0.25) is 4.79 Å². The van der Waals surface area contributed by atoms with Gasteiger partial charge in [-0.15, -0.1) is 0 Å². The summed E-state index contributed by atoms with van der Waals surface area (Å²) in [6.45, 7) is 6.21. The van der Waals surface area contributed by atoms with Gasteiger partial charge in [-0.25, -0.2) is 4.98 Å². The maximum atomic E-state index is 11.7. The minimum Gasteiger partial charge on any atom is -0.466 e. The molecule has 4 nitrogen and oxygen atoms in total. The highest BCUT2D eigenvalue weighted by Gasteiger charge is 2.26. The number of carbonyl (C=O) groups excluding carboxylic acids is 1. The first kappa shape index (κ1) is 13.8. The average molecular weight is 262 g/mol. The van der Waals surface area contributed by atoms with Crippen molar-refractivity contribution in [3.63, 3.8) is 0 Å². The Bertz CT molecular complexity index is 409. The molecule has 1 saturated heterocycles. The van der Waals surface area contributed by atoms with E-state index in [-0.39, 0.29) is 11.9 Å². The molecule has 0 aromatic carbocycles. The van der Waals surface area contributed by atoms with Crippen LogP contribution in [0.15, 0.2) is 18.3 Å². The van der Waals surface area contributed by atoms with Gasteiger partial charge in [0, 0.05) is 19.3 Å². The first-order chi connectivity index (χ1) is 9.24. The van der Waals surface area contributed by atoms with Gasteiger partial charge < -0.3 is 9.64 Å². The predicted molar refractivity (Wildman–Crippen MR) is 75.2 cm³/mol. The van der Waals surface area contributed by atoms with Crippen molar-refractivity contribution in [2.45, 2.75) is 33.1 Å². The summed E-state index contributed by atoms with van der Waals surface area (Å²) in [7, 11) is 0. The third-order valence-corrected chi connectivity index (χ3v) is 3.66. The molecule has 0 spiro atoms. The molecule has 0 saturated carbocycles. The molecular formula is C15H22N2O2. The molecule has 0 radical (unpaired) electrons. The minimum atomic E-state index is -0.0450. The molecule has 0 aliphatic carbocycles. The summed E-state index contributed by atoms with van der Waals surface area (Å²) in [5, 5.41) is 0. The van der Waals surface area contributed by atoms with Crippen LogP contribution < -0.4 is 4.90 Å². The Morgan fingerprint density at radius 2 is 2.11 bits per heavy atom. The molecule has 2 rings (SSSR count). The van der Waals surface area contributed by atoms with Crippen molar-refractivity contribution in [2.75, 3.05) is 24.6 Å². The van der Waals surface area contributed by atoms with E-state index in [1.807, 2.05) is 13.1 Å². The highest BCUT2D eigenvalue weighted by Crippen LogP contribution is 2.22. The first-order valence-corrected chi connectivity index (χ1v) is 7.11. The third kappa shape index (κ3) is 3.46. The van der Waals surface area contributed by atoms with Crippen LogP contribution in [-0.2, 0) is 16.0 Å². The van der Waals surface area contributed by atoms with E-state index in [2.05, 4.69) is 28.9 Å². The maximum Gasteiger partial charge on any atom is 0.309 e. The number of ether oxygens (including phenoxy) is 1. The standard InChI is InChI=1S/C15H22N2O2/c1-3-12-5-6-14(16-11-12)17-9-7-13(8-10-17)15(18)19-4-2/h5-6,11,13H,3-4,7-10H2,1-2H3. The number of pyridine rings is 1. The number of piperidine rings is 1. The van der Waals surface area contributed by atoms with E-state index in [9.17, 15) is 4.79 Å². The number of rotatable bonds is 4. The SMILES string of the molecule is CCOC(=O)C1CCN(c2ccc(CC)cn2)CC1. The second kappa shape index (κ2) is 6.55. The molecule has 0 N–H and O–H groups in total. The zero-order valence-corrected chi connectivity index (χ0v) is 11.8. The second-order valence-corrected chi connectivity index (χ2v) is 4.89. The van der Waals surface area contributed by atoms with Crippen LogP contribution in [0.5, 0.6) is 0 Å². The van der Waals surface area contributed by atoms with Gasteiger partial charge in [-0.1, -0.05) is 13.0 Å². The zero-order valence-electron chi connectivity index (χ0n) is 11.8. The molecule has 0 amide bonds. The number of hydrogen-bond acceptors (Lipinski definition) is 4. The normalized spacial score (nSPS) is 16.4. The van der Waals surface area contributed by atoms with Crippen molar-refractivity contribution in [2.24, 2.45) is 5.92 Å². The summed E-state index contributed by atoms with van der Waals surface area (Å²) in [5.74, 6) is 1.03. The van der Waals surface area contributed by atoms with E-state index >= 15 is 0 Å². The van der Waals surface area contributed by atoms with Gasteiger partial charge in [0.15, 0.2) is 0 Å². The lowest BCUT2D eigenvalue weighted by Crippen LogP contribution is -2.37. The highest BCUT2D eigenvalue weighted by atomic mass is 16.5. The fourth-order valence-electron chi connectivity index (χ4n) is 2.42. The Balaban J connectivity index is 1.90. The number of aryl methyl sites for hydroxylation is 1. The van der Waals surface area contributed by atoms with Crippen LogP contribution in [0.2, 0.25) is 0 Å². The Labute approximate surface area is 114 Å². The van der Waals surface area contributed by atoms with Gasteiger partial charge >= 0.3 is 5.97 Å². The summed E-state index contributed by atoms with van der Waals surface area (Å²) in [6.07, 6.45) is 4.66. The van der Waals surface area contributed by atoms with E-state index in [0.29, 0.717) is 6.61 Å². The van der Waals surface area contributed by atoms with Crippen molar-refractivity contribution in [3.8, 4) is 0 Å². The lowest BCUT2D eigenvalue weighted by molar-refractivity contribution is -0.148. The lowest BCUT2D eigenvalue weighted by Gasteiger charge is -2.31. The van der Waals surface area contributed by atoms with Crippen molar-refractivity contribution in [1.29, 1.82) is 0 Å². The molecule has 1 aromatic heterocycles. The fraction of sp³-hybridized carbons (Fsp3) is 0.600. The molecule has 1 fully saturated rings. The number of hydrogen-bond donors (Lipinski definition) is 0. The van der Waals surface area contributed by atoms with Crippen LogP contribution in [0.3, 0.4) is 0 Å². The monoisotopic (exact) mass is 262 g/mol. The van der Waals surface area contributed by atoms with Crippen molar-refractivity contribution >= 4 is 11.8 Å². The smallest absolute Gasteiger partial charge is 0.309 e. The second-order valence-electron chi connectivity index (χ2n) is 4.89. The average Bonchev–Trinajstić information content (AvgIpc) is 2.48. The van der Waals surface area contributed by atoms with E-state index in [1.54, 1.807) is 0 Å². The molecule has 1 aliphatic rings. The van der Waals surface area contributed by atoms with Crippen LogP contribution in [0, 0.1) is 5.92 Å². The lowest BCUT2D eigenvalue weighted by atomic mass is 9.97. The predicted octanol–water partition coefficient (Wildman–Crippen LogP) is 2.42. The van der Waals surface area contributed by atoms with Crippen LogP contribution in [0.1, 0.15) is 32.3 Å². The molecule has 1 aromatic rings. The molecular weight excluding hydrogens is 240 g/mol. The van der Waals surface area contributed by atoms with Gasteiger partial charge in [0.2, 0.25) is 0 Å². The van der Waals surface area contributed by atoms with E-state index in [4.69, 9.17) is 4.74 Å². The van der Waals surface area contributed by atoms with Gasteiger partial charge in [0.1, 0.15) is 5.82 Å². The number of carbonyl (C=O) groups is 1. The Kier molecular flexibility index (Phi) is 4.77. The Morgan fingerprint density at radius 3 is 2.63 bits per heavy atom. The summed E-state index contributed by atoms with van der Waals surface area (Å²) in [4.78, 5) is 18.4. The summed E-state index contributed by atoms with van der Waals surface area (Å²) >= 11 is 0. The molecule has 104 valence electrons. The van der Waals surface area contributed by atoms with Crippen molar-refractivity contribution < 1.29 is 9.53 Å². The van der Waals surface area contributed by atoms with E-state index < -0.39 is 0 Å². The van der Waals surface area contributed by atoms with Gasteiger partial charge in [0.25, 0.3) is 0 Å². The third-order valence-electron chi connectivity index (χ3n) is 3.66. The largest absolute Gasteiger partial charge is 0.466 e. The summed E-state index contributed by atoms with van der Waals surface area (Å²) in [5.41, 5.74) is 1.25. The molecule has 1 aliphatic heterocycles. The van der Waals surface area contributed by atoms with Crippen LogP contribution in [0.25, 0.3) is 0 Å². The number of nitrogens with zero attached hydrogens (tertiary/aromatic N) is 2. The van der Waals surface area contributed by atoms with Crippen LogP contribution in [0.4, 0.5) is 5.82 Å². The first-order valence-electron chi connectivity index (χ1n) is 7.11. The van der Waals surface area contributed by atoms with Crippen LogP contribution >= 0.6 is 0 Å². The Hall–Kier alpha value is -1.58. The molecule has 4 heteroatoms. The molecule has 2 heterocycles. The number of anilines is 1. The van der Waals surface area contributed by atoms with Crippen molar-refractivity contribution in [1.82, 2.24) is 4.98 Å². The minimum absolute atomic E-state index is 0.0450. The van der Waals surface area contributed by atoms with Crippen molar-refractivity contribution in [3.05, 3.63) is 23.9 Å². The van der Waals surface area contributed by atoms with Gasteiger partial charge in [-0.05, 0) is 37.8 Å². The summed E-state index contributed by atoms with van der Waals surface area (Å²) in [6, 6.07) is 4.20. The summed E-state index contributed by atoms with van der Waals surface area (Å²) < 4.78 is 5.08. The van der Waals surface area contributed by atoms with Gasteiger partial charge in [-0.2, -0.15) is 0 Å². The number of aromatic nitrogens is 1. The zero-order chi connectivity index (χ0) is 13.7. The highest BCUT2D eigenvalue weighted by molar-refractivity contribution is 5.72. The fourth-order valence-corrected chi connectivity index (χ4v) is 2.42. The van der Waals surface area contributed by atoms with E-state index in [1.165, 1.54) is 5.56 Å². The molecule has 0 bridgehead atoms. The van der Waals surface area contributed by atoms with Crippen LogP contribution in [-0.4, -0.2) is 30.6 Å². The molecule has 0 atom stereocenters. The van der Waals surface area contributed by atoms with Gasteiger partial charge in [0.05, 0.1) is 12.5 Å². The quantitative estimate of drug-likeness (QED) is 0.782. The Morgan fingerprint density at radius 1 is 1.37 bits per heavy atom. The molecule has 19 heavy (non-hydrogen) atoms. The maximum absolute atomic E-state index is 11.7. The topological polar surface area (TPSA) is 42.4 Å².